The van der Waals surface area contributed by atoms with E-state index in [2.05, 4.69) is 26.5 Å². The standard InChI is InChI=1S/C21H16BrN3O7/c1-13-4-2-5-16(8-13)31-12-19(26)24-23-11-14-9-15(25(28)29)10-17(22)20(14)32-21(27)18-6-3-7-30-18/h2-11H,12H2,1H3,(H,24,26)/b23-11-. The van der Waals surface area contributed by atoms with Gasteiger partial charge in [0.1, 0.15) is 5.75 Å². The summed E-state index contributed by atoms with van der Waals surface area (Å²) in [4.78, 5) is 34.8. The van der Waals surface area contributed by atoms with Gasteiger partial charge >= 0.3 is 5.97 Å². The van der Waals surface area contributed by atoms with Crippen LogP contribution in [-0.2, 0) is 4.79 Å². The van der Waals surface area contributed by atoms with Crippen molar-refractivity contribution in [3.8, 4) is 11.5 Å². The lowest BCUT2D eigenvalue weighted by atomic mass is 10.2. The van der Waals surface area contributed by atoms with Crippen molar-refractivity contribution in [2.75, 3.05) is 6.61 Å². The number of aryl methyl sites for hydroxylation is 1. The fourth-order valence-electron chi connectivity index (χ4n) is 2.51. The first-order valence-electron chi connectivity index (χ1n) is 9.08. The Morgan fingerprint density at radius 2 is 2.06 bits per heavy atom. The maximum absolute atomic E-state index is 12.2. The van der Waals surface area contributed by atoms with Crippen molar-refractivity contribution in [3.05, 3.63) is 86.3 Å². The highest BCUT2D eigenvalue weighted by Gasteiger charge is 2.20. The van der Waals surface area contributed by atoms with Gasteiger partial charge in [0.25, 0.3) is 11.6 Å². The summed E-state index contributed by atoms with van der Waals surface area (Å²) in [6.45, 7) is 1.60. The van der Waals surface area contributed by atoms with Crippen molar-refractivity contribution < 1.29 is 28.4 Å². The molecule has 0 radical (unpaired) electrons. The molecule has 10 nitrogen and oxygen atoms in total. The molecule has 0 atom stereocenters. The Morgan fingerprint density at radius 1 is 1.25 bits per heavy atom. The molecule has 32 heavy (non-hydrogen) atoms. The Bertz CT molecular complexity index is 1180. The predicted molar refractivity (Wildman–Crippen MR) is 117 cm³/mol. The van der Waals surface area contributed by atoms with Crippen LogP contribution in [0.4, 0.5) is 5.69 Å². The summed E-state index contributed by atoms with van der Waals surface area (Å²) in [5.74, 6) is -0.930. The van der Waals surface area contributed by atoms with Crippen molar-refractivity contribution in [3.63, 3.8) is 0 Å². The van der Waals surface area contributed by atoms with E-state index in [1.165, 1.54) is 24.5 Å². The molecule has 1 aromatic heterocycles. The van der Waals surface area contributed by atoms with Gasteiger partial charge in [-0.2, -0.15) is 5.10 Å². The molecule has 0 spiro atoms. The largest absolute Gasteiger partial charge is 0.484 e. The number of amides is 1. The Labute approximate surface area is 190 Å². The van der Waals surface area contributed by atoms with Crippen molar-refractivity contribution in [1.29, 1.82) is 0 Å². The first-order valence-corrected chi connectivity index (χ1v) is 9.88. The Balaban J connectivity index is 1.72. The third-order valence-corrected chi connectivity index (χ3v) is 4.53. The summed E-state index contributed by atoms with van der Waals surface area (Å²) < 4.78 is 15.8. The van der Waals surface area contributed by atoms with Gasteiger partial charge in [-0.25, -0.2) is 10.2 Å². The molecule has 1 heterocycles. The summed E-state index contributed by atoms with van der Waals surface area (Å²) in [6, 6.07) is 12.4. The van der Waals surface area contributed by atoms with E-state index in [0.717, 1.165) is 17.8 Å². The Morgan fingerprint density at radius 3 is 2.75 bits per heavy atom. The molecule has 1 N–H and O–H groups in total. The average Bonchev–Trinajstić information content (AvgIpc) is 3.29. The molecule has 0 aliphatic carbocycles. The van der Waals surface area contributed by atoms with Crippen LogP contribution in [-0.4, -0.2) is 29.6 Å². The number of hydrogen-bond acceptors (Lipinski definition) is 8. The quantitative estimate of drug-likeness (QED) is 0.162. The number of furan rings is 1. The molecule has 3 aromatic rings. The second-order valence-corrected chi connectivity index (χ2v) is 7.22. The molecule has 164 valence electrons. The molecule has 0 bridgehead atoms. The number of halogens is 1. The van der Waals surface area contributed by atoms with Crippen LogP contribution >= 0.6 is 15.9 Å². The number of carbonyl (C=O) groups is 2. The van der Waals surface area contributed by atoms with Gasteiger partial charge in [0, 0.05) is 17.7 Å². The van der Waals surface area contributed by atoms with E-state index in [-0.39, 0.29) is 33.8 Å². The van der Waals surface area contributed by atoms with E-state index in [4.69, 9.17) is 13.9 Å². The number of nitro benzene ring substituents is 1. The van der Waals surface area contributed by atoms with Gasteiger partial charge in [-0.05, 0) is 52.7 Å². The minimum atomic E-state index is -0.810. The topological polar surface area (TPSA) is 133 Å². The molecule has 0 saturated heterocycles. The van der Waals surface area contributed by atoms with Crippen molar-refractivity contribution in [2.45, 2.75) is 6.92 Å². The van der Waals surface area contributed by atoms with Crippen LogP contribution in [0.2, 0.25) is 0 Å². The van der Waals surface area contributed by atoms with Gasteiger partial charge in [-0.15, -0.1) is 0 Å². The summed E-state index contributed by atoms with van der Waals surface area (Å²) in [6.07, 6.45) is 2.42. The smallest absolute Gasteiger partial charge is 0.379 e. The predicted octanol–water partition coefficient (Wildman–Crippen LogP) is 4.01. The monoisotopic (exact) mass is 501 g/mol. The van der Waals surface area contributed by atoms with Crippen LogP contribution in [0.1, 0.15) is 21.7 Å². The highest BCUT2D eigenvalue weighted by Crippen LogP contribution is 2.33. The third-order valence-electron chi connectivity index (χ3n) is 3.94. The van der Waals surface area contributed by atoms with E-state index in [0.29, 0.717) is 5.75 Å². The lowest BCUT2D eigenvalue weighted by Gasteiger charge is -2.09. The van der Waals surface area contributed by atoms with Crippen LogP contribution in [0.15, 0.2) is 68.8 Å². The second-order valence-electron chi connectivity index (χ2n) is 6.37. The summed E-state index contributed by atoms with van der Waals surface area (Å²) in [7, 11) is 0. The summed E-state index contributed by atoms with van der Waals surface area (Å²) in [5.41, 5.74) is 3.04. The SMILES string of the molecule is Cc1cccc(OCC(=O)N/N=C\c2cc([N+](=O)[O-])cc(Br)c2OC(=O)c2ccco2)c1. The number of rotatable bonds is 8. The molecule has 0 aliphatic rings. The van der Waals surface area contributed by atoms with Crippen LogP contribution in [0.25, 0.3) is 0 Å². The second kappa shape index (κ2) is 10.4. The molecule has 0 fully saturated rings. The Hall–Kier alpha value is -3.99. The number of nitrogens with one attached hydrogen (secondary N) is 1. The Kier molecular flexibility index (Phi) is 7.34. The summed E-state index contributed by atoms with van der Waals surface area (Å²) in [5, 5.41) is 15.0. The fourth-order valence-corrected chi connectivity index (χ4v) is 3.05. The molecule has 0 saturated carbocycles. The van der Waals surface area contributed by atoms with Gasteiger partial charge in [-0.1, -0.05) is 12.1 Å². The van der Waals surface area contributed by atoms with E-state index in [1.807, 2.05) is 13.0 Å². The fraction of sp³-hybridized carbons (Fsp3) is 0.0952. The van der Waals surface area contributed by atoms with Crippen LogP contribution in [0.3, 0.4) is 0 Å². The number of benzene rings is 2. The van der Waals surface area contributed by atoms with E-state index >= 15 is 0 Å². The molecule has 2 aromatic carbocycles. The highest BCUT2D eigenvalue weighted by molar-refractivity contribution is 9.10. The van der Waals surface area contributed by atoms with Crippen LogP contribution in [0.5, 0.6) is 11.5 Å². The number of nitrogens with zero attached hydrogens (tertiary/aromatic N) is 2. The number of ether oxygens (including phenoxy) is 2. The molecule has 0 aliphatic heterocycles. The van der Waals surface area contributed by atoms with Crippen molar-refractivity contribution >= 4 is 39.7 Å². The molecular weight excluding hydrogens is 486 g/mol. The van der Waals surface area contributed by atoms with Gasteiger partial charge in [0.15, 0.2) is 12.4 Å². The first kappa shape index (κ1) is 22.7. The zero-order valence-corrected chi connectivity index (χ0v) is 18.2. The van der Waals surface area contributed by atoms with E-state index in [1.54, 1.807) is 18.2 Å². The molecule has 1 amide bonds. The minimum Gasteiger partial charge on any atom is -0.484 e. The number of hydrogen-bond donors (Lipinski definition) is 1. The molecule has 11 heteroatoms. The number of hydrazone groups is 1. The van der Waals surface area contributed by atoms with Crippen LogP contribution in [0, 0.1) is 17.0 Å². The molecule has 0 unspecified atom stereocenters. The third kappa shape index (κ3) is 6.01. The maximum atomic E-state index is 12.2. The van der Waals surface area contributed by atoms with Crippen LogP contribution < -0.4 is 14.9 Å². The lowest BCUT2D eigenvalue weighted by Crippen LogP contribution is -2.24. The average molecular weight is 502 g/mol. The lowest BCUT2D eigenvalue weighted by molar-refractivity contribution is -0.385. The van der Waals surface area contributed by atoms with Gasteiger partial charge in [0.05, 0.1) is 21.9 Å². The van der Waals surface area contributed by atoms with Crippen molar-refractivity contribution in [1.82, 2.24) is 5.43 Å². The molecular formula is C21H16BrN3O7. The summed E-state index contributed by atoms with van der Waals surface area (Å²) >= 11 is 3.15. The van der Waals surface area contributed by atoms with E-state index < -0.39 is 16.8 Å². The number of carbonyl (C=O) groups excluding carboxylic acids is 2. The number of non-ortho nitro benzene ring substituents is 1. The highest BCUT2D eigenvalue weighted by atomic mass is 79.9. The number of nitro groups is 1. The van der Waals surface area contributed by atoms with Gasteiger partial charge in [0.2, 0.25) is 5.76 Å². The van der Waals surface area contributed by atoms with Crippen molar-refractivity contribution in [2.24, 2.45) is 5.10 Å². The first-order chi connectivity index (χ1) is 15.3. The molecule has 3 rings (SSSR count). The zero-order valence-electron chi connectivity index (χ0n) is 16.6. The number of esters is 1. The maximum Gasteiger partial charge on any atom is 0.379 e. The minimum absolute atomic E-state index is 0.0361. The normalized spacial score (nSPS) is 10.7. The zero-order chi connectivity index (χ0) is 23.1. The van der Waals surface area contributed by atoms with Gasteiger partial charge in [-0.3, -0.25) is 14.9 Å². The van der Waals surface area contributed by atoms with Gasteiger partial charge < -0.3 is 13.9 Å². The van der Waals surface area contributed by atoms with E-state index in [9.17, 15) is 19.7 Å².